The highest BCUT2D eigenvalue weighted by atomic mass is 14.2. The lowest BCUT2D eigenvalue weighted by Gasteiger charge is -2.18. The Morgan fingerprint density at radius 1 is 1.06 bits per heavy atom. The lowest BCUT2D eigenvalue weighted by atomic mass is 9.87. The zero-order valence-corrected chi connectivity index (χ0v) is 13.2. The lowest BCUT2D eigenvalue weighted by Crippen LogP contribution is -2.05. The Balaban J connectivity index is 0. The standard InChI is InChI=1S/C9H16.C7H8.C2H6/c1-6-7-8(2)9(3,4)5;1-7-5-3-2-4-6-7;1-2/h6-7H,2H2,1,3-5H3;2-6H,1H3;1-2H3/b7-6-;;. The van der Waals surface area contributed by atoms with Gasteiger partial charge in [-0.3, -0.25) is 0 Å². The minimum atomic E-state index is 0.229. The van der Waals surface area contributed by atoms with Crippen molar-refractivity contribution in [2.75, 3.05) is 0 Å². The third kappa shape index (κ3) is 11.2. The van der Waals surface area contributed by atoms with E-state index in [1.165, 1.54) is 11.1 Å². The fraction of sp³-hybridized carbons (Fsp3) is 0.444. The molecule has 0 nitrogen and oxygen atoms in total. The van der Waals surface area contributed by atoms with E-state index in [1.54, 1.807) is 0 Å². The molecule has 0 radical (unpaired) electrons. The van der Waals surface area contributed by atoms with Crippen molar-refractivity contribution in [3.05, 3.63) is 60.2 Å². The van der Waals surface area contributed by atoms with Gasteiger partial charge in [0.25, 0.3) is 0 Å². The van der Waals surface area contributed by atoms with Gasteiger partial charge in [-0.05, 0) is 19.3 Å². The Hall–Kier alpha value is -1.30. The first-order chi connectivity index (χ1) is 8.38. The smallest absolute Gasteiger partial charge is 0.0138 e. The minimum absolute atomic E-state index is 0.229. The number of aryl methyl sites for hydroxylation is 1. The summed E-state index contributed by atoms with van der Waals surface area (Å²) in [6.45, 7) is 18.5. The highest BCUT2D eigenvalue weighted by Crippen LogP contribution is 2.23. The third-order valence-electron chi connectivity index (χ3n) is 2.27. The molecule has 0 heterocycles. The Bertz CT molecular complexity index is 323. The van der Waals surface area contributed by atoms with Gasteiger partial charge in [-0.15, -0.1) is 0 Å². The second-order valence-electron chi connectivity index (χ2n) is 4.93. The lowest BCUT2D eigenvalue weighted by molar-refractivity contribution is 0.519. The first-order valence-corrected chi connectivity index (χ1v) is 6.71. The van der Waals surface area contributed by atoms with Crippen molar-refractivity contribution in [2.24, 2.45) is 5.41 Å². The number of benzene rings is 1. The number of allylic oxidation sites excluding steroid dienone is 3. The van der Waals surface area contributed by atoms with Crippen LogP contribution in [0, 0.1) is 12.3 Å². The van der Waals surface area contributed by atoms with Crippen LogP contribution in [0.5, 0.6) is 0 Å². The molecule has 0 bridgehead atoms. The average molecular weight is 246 g/mol. The first-order valence-electron chi connectivity index (χ1n) is 6.71. The number of hydrogen-bond acceptors (Lipinski definition) is 0. The molecule has 0 spiro atoms. The SMILES string of the molecule is C=C(/C=C\C)C(C)(C)C.CC.Cc1ccccc1. The summed E-state index contributed by atoms with van der Waals surface area (Å²) >= 11 is 0. The van der Waals surface area contributed by atoms with Gasteiger partial charge in [0.15, 0.2) is 0 Å². The van der Waals surface area contributed by atoms with E-state index in [1.807, 2.05) is 45.0 Å². The Morgan fingerprint density at radius 2 is 1.50 bits per heavy atom. The molecule has 0 fully saturated rings. The zero-order chi connectivity index (χ0) is 14.6. The van der Waals surface area contributed by atoms with Gasteiger partial charge in [0.1, 0.15) is 0 Å². The summed E-state index contributed by atoms with van der Waals surface area (Å²) < 4.78 is 0. The van der Waals surface area contributed by atoms with Gasteiger partial charge in [0, 0.05) is 0 Å². The maximum absolute atomic E-state index is 3.93. The summed E-state index contributed by atoms with van der Waals surface area (Å²) in [5.41, 5.74) is 2.74. The van der Waals surface area contributed by atoms with Gasteiger partial charge >= 0.3 is 0 Å². The molecule has 1 rings (SSSR count). The zero-order valence-electron chi connectivity index (χ0n) is 13.2. The summed E-state index contributed by atoms with van der Waals surface area (Å²) in [6, 6.07) is 10.3. The maximum atomic E-state index is 3.93. The van der Waals surface area contributed by atoms with Gasteiger partial charge in [0.05, 0.1) is 0 Å². The van der Waals surface area contributed by atoms with Crippen molar-refractivity contribution in [2.45, 2.75) is 48.5 Å². The highest BCUT2D eigenvalue weighted by Gasteiger charge is 2.10. The van der Waals surface area contributed by atoms with Crippen LogP contribution in [0.1, 0.15) is 47.1 Å². The van der Waals surface area contributed by atoms with Gasteiger partial charge in [-0.2, -0.15) is 0 Å². The van der Waals surface area contributed by atoms with E-state index in [0.29, 0.717) is 0 Å². The molecule has 0 aromatic heterocycles. The Morgan fingerprint density at radius 3 is 1.67 bits per heavy atom. The molecular weight excluding hydrogens is 216 g/mol. The highest BCUT2D eigenvalue weighted by molar-refractivity contribution is 5.20. The van der Waals surface area contributed by atoms with E-state index in [0.717, 1.165) is 0 Å². The Kier molecular flexibility index (Phi) is 11.5. The van der Waals surface area contributed by atoms with Crippen LogP contribution >= 0.6 is 0 Å². The van der Waals surface area contributed by atoms with Crippen LogP contribution in [-0.4, -0.2) is 0 Å². The summed E-state index contributed by atoms with van der Waals surface area (Å²) in [5, 5.41) is 0. The first kappa shape index (κ1) is 19.0. The molecule has 0 heteroatoms. The molecule has 1 aromatic carbocycles. The van der Waals surface area contributed by atoms with Crippen LogP contribution in [0.4, 0.5) is 0 Å². The van der Waals surface area contributed by atoms with E-state index < -0.39 is 0 Å². The van der Waals surface area contributed by atoms with Gasteiger partial charge < -0.3 is 0 Å². The van der Waals surface area contributed by atoms with Crippen molar-refractivity contribution in [1.82, 2.24) is 0 Å². The molecule has 0 saturated carbocycles. The maximum Gasteiger partial charge on any atom is -0.0138 e. The fourth-order valence-electron chi connectivity index (χ4n) is 0.986. The van der Waals surface area contributed by atoms with E-state index >= 15 is 0 Å². The van der Waals surface area contributed by atoms with Crippen molar-refractivity contribution in [3.63, 3.8) is 0 Å². The van der Waals surface area contributed by atoms with E-state index in [2.05, 4.69) is 52.5 Å². The monoisotopic (exact) mass is 246 g/mol. The normalized spacial score (nSPS) is 9.94. The topological polar surface area (TPSA) is 0 Å². The van der Waals surface area contributed by atoms with Crippen molar-refractivity contribution < 1.29 is 0 Å². The second-order valence-corrected chi connectivity index (χ2v) is 4.93. The van der Waals surface area contributed by atoms with Crippen molar-refractivity contribution in [3.8, 4) is 0 Å². The quantitative estimate of drug-likeness (QED) is 0.518. The number of hydrogen-bond donors (Lipinski definition) is 0. The van der Waals surface area contributed by atoms with Crippen LogP contribution in [0.3, 0.4) is 0 Å². The molecule has 0 atom stereocenters. The average Bonchev–Trinajstić information content (AvgIpc) is 2.32. The van der Waals surface area contributed by atoms with Crippen LogP contribution in [0.2, 0.25) is 0 Å². The van der Waals surface area contributed by atoms with Crippen LogP contribution in [0.25, 0.3) is 0 Å². The summed E-state index contributed by atoms with van der Waals surface area (Å²) in [6.07, 6.45) is 4.08. The molecule has 0 amide bonds. The molecule has 1 aromatic rings. The third-order valence-corrected chi connectivity index (χ3v) is 2.27. The molecule has 0 aliphatic carbocycles. The molecule has 0 aliphatic heterocycles. The second kappa shape index (κ2) is 10.8. The Labute approximate surface area is 114 Å². The summed E-state index contributed by atoms with van der Waals surface area (Å²) in [5.74, 6) is 0. The molecule has 18 heavy (non-hydrogen) atoms. The molecule has 102 valence electrons. The van der Waals surface area contributed by atoms with Crippen LogP contribution < -0.4 is 0 Å². The largest absolute Gasteiger partial charge is 0.0953 e. The molecule has 0 unspecified atom stereocenters. The van der Waals surface area contributed by atoms with E-state index in [-0.39, 0.29) is 5.41 Å². The predicted octanol–water partition coefficient (Wildman–Crippen LogP) is 6.19. The van der Waals surface area contributed by atoms with E-state index in [9.17, 15) is 0 Å². The summed E-state index contributed by atoms with van der Waals surface area (Å²) in [7, 11) is 0. The molecule has 0 N–H and O–H groups in total. The van der Waals surface area contributed by atoms with Gasteiger partial charge in [0.2, 0.25) is 0 Å². The van der Waals surface area contributed by atoms with Crippen LogP contribution in [0.15, 0.2) is 54.6 Å². The fourth-order valence-corrected chi connectivity index (χ4v) is 0.986. The van der Waals surface area contributed by atoms with Crippen LogP contribution in [-0.2, 0) is 0 Å². The van der Waals surface area contributed by atoms with Crippen molar-refractivity contribution >= 4 is 0 Å². The molecule has 0 aliphatic rings. The van der Waals surface area contributed by atoms with Gasteiger partial charge in [-0.25, -0.2) is 0 Å². The minimum Gasteiger partial charge on any atom is -0.0953 e. The molecule has 0 saturated heterocycles. The predicted molar refractivity (Wildman–Crippen MR) is 85.9 cm³/mol. The summed E-state index contributed by atoms with van der Waals surface area (Å²) in [4.78, 5) is 0. The number of rotatable bonds is 1. The van der Waals surface area contributed by atoms with E-state index in [4.69, 9.17) is 0 Å². The van der Waals surface area contributed by atoms with Gasteiger partial charge in [-0.1, -0.05) is 94.8 Å². The molecular formula is C18H30. The van der Waals surface area contributed by atoms with Crippen molar-refractivity contribution in [1.29, 1.82) is 0 Å².